The van der Waals surface area contributed by atoms with E-state index in [4.69, 9.17) is 5.11 Å². The number of amides is 1. The fourth-order valence-corrected chi connectivity index (χ4v) is 3.01. The van der Waals surface area contributed by atoms with Gasteiger partial charge in [-0.15, -0.1) is 0 Å². The Morgan fingerprint density at radius 3 is 2.65 bits per heavy atom. The normalized spacial score (nSPS) is 14.8. The van der Waals surface area contributed by atoms with Gasteiger partial charge in [-0.3, -0.25) is 9.48 Å². The number of hydrogen-bond acceptors (Lipinski definition) is 3. The number of nitrogens with one attached hydrogen (secondary N) is 1. The summed E-state index contributed by atoms with van der Waals surface area (Å²) in [7, 11) is 0. The molecule has 0 atom stereocenters. The first-order chi connectivity index (χ1) is 11.0. The number of anilines is 1. The van der Waals surface area contributed by atoms with Crippen LogP contribution in [0.2, 0.25) is 0 Å². The molecule has 1 saturated carbocycles. The molecule has 1 aliphatic carbocycles. The zero-order chi connectivity index (χ0) is 16.4. The van der Waals surface area contributed by atoms with E-state index >= 15 is 0 Å². The van der Waals surface area contributed by atoms with E-state index in [2.05, 4.69) is 10.4 Å². The van der Waals surface area contributed by atoms with E-state index in [1.54, 1.807) is 25.1 Å². The summed E-state index contributed by atoms with van der Waals surface area (Å²) in [5, 5.41) is 16.2. The van der Waals surface area contributed by atoms with Crippen molar-refractivity contribution in [1.82, 2.24) is 9.78 Å². The molecule has 1 aromatic heterocycles. The molecule has 0 radical (unpaired) electrons. The standard InChI is InChI=1S/C17H19N3O3/c1-11-10-12(6-7-14(11)17(22)23)18-16(21)15-8-9-20(19-15)13-4-2-3-5-13/h6-10,13H,2-5H2,1H3,(H,18,21)(H,22,23). The van der Waals surface area contributed by atoms with Gasteiger partial charge in [0.25, 0.3) is 5.91 Å². The number of rotatable bonds is 4. The maximum atomic E-state index is 12.3. The largest absolute Gasteiger partial charge is 0.478 e. The highest BCUT2D eigenvalue weighted by Gasteiger charge is 2.19. The summed E-state index contributed by atoms with van der Waals surface area (Å²) in [4.78, 5) is 23.3. The van der Waals surface area contributed by atoms with E-state index in [1.165, 1.54) is 18.9 Å². The molecule has 2 N–H and O–H groups in total. The highest BCUT2D eigenvalue weighted by Crippen LogP contribution is 2.28. The smallest absolute Gasteiger partial charge is 0.335 e. The van der Waals surface area contributed by atoms with Crippen molar-refractivity contribution < 1.29 is 14.7 Å². The van der Waals surface area contributed by atoms with Crippen LogP contribution in [0.15, 0.2) is 30.5 Å². The molecule has 1 aliphatic rings. The van der Waals surface area contributed by atoms with Gasteiger partial charge in [0.15, 0.2) is 5.69 Å². The van der Waals surface area contributed by atoms with Crippen molar-refractivity contribution in [3.8, 4) is 0 Å². The molecular formula is C17H19N3O3. The minimum Gasteiger partial charge on any atom is -0.478 e. The van der Waals surface area contributed by atoms with Crippen molar-refractivity contribution in [2.75, 3.05) is 5.32 Å². The molecule has 120 valence electrons. The lowest BCUT2D eigenvalue weighted by atomic mass is 10.1. The van der Waals surface area contributed by atoms with Gasteiger partial charge in [-0.05, 0) is 49.6 Å². The Hall–Kier alpha value is -2.63. The van der Waals surface area contributed by atoms with Crippen LogP contribution in [0.25, 0.3) is 0 Å². The number of aryl methyl sites for hydroxylation is 1. The number of nitrogens with zero attached hydrogens (tertiary/aromatic N) is 2. The quantitative estimate of drug-likeness (QED) is 0.907. The predicted octanol–water partition coefficient (Wildman–Crippen LogP) is 3.26. The molecule has 6 nitrogen and oxygen atoms in total. The van der Waals surface area contributed by atoms with Crippen LogP contribution in [0.4, 0.5) is 5.69 Å². The van der Waals surface area contributed by atoms with Crippen molar-refractivity contribution in [3.63, 3.8) is 0 Å². The van der Waals surface area contributed by atoms with Gasteiger partial charge in [-0.25, -0.2) is 4.79 Å². The first kappa shape index (κ1) is 15.3. The second-order valence-corrected chi connectivity index (χ2v) is 5.91. The van der Waals surface area contributed by atoms with Crippen LogP contribution in [0.3, 0.4) is 0 Å². The summed E-state index contributed by atoms with van der Waals surface area (Å²) in [6, 6.07) is 6.84. The van der Waals surface area contributed by atoms with E-state index in [1.807, 2.05) is 10.9 Å². The van der Waals surface area contributed by atoms with Crippen LogP contribution >= 0.6 is 0 Å². The Bertz CT molecular complexity index is 745. The van der Waals surface area contributed by atoms with Gasteiger partial charge in [0.05, 0.1) is 11.6 Å². The van der Waals surface area contributed by atoms with Crippen LogP contribution in [0.5, 0.6) is 0 Å². The van der Waals surface area contributed by atoms with Crippen molar-refractivity contribution in [1.29, 1.82) is 0 Å². The Labute approximate surface area is 134 Å². The molecule has 0 saturated heterocycles. The van der Waals surface area contributed by atoms with Crippen LogP contribution in [0.1, 0.15) is 58.1 Å². The van der Waals surface area contributed by atoms with Gasteiger partial charge >= 0.3 is 5.97 Å². The van der Waals surface area contributed by atoms with E-state index in [0.717, 1.165) is 12.8 Å². The lowest BCUT2D eigenvalue weighted by Crippen LogP contribution is -2.14. The van der Waals surface area contributed by atoms with Crippen molar-refractivity contribution in [3.05, 3.63) is 47.3 Å². The molecule has 1 amide bonds. The third-order valence-electron chi connectivity index (χ3n) is 4.25. The minimum absolute atomic E-state index is 0.230. The number of carbonyl (C=O) groups excluding carboxylic acids is 1. The summed E-state index contributed by atoms with van der Waals surface area (Å²) in [5.74, 6) is -1.26. The lowest BCUT2D eigenvalue weighted by Gasteiger charge is -2.09. The van der Waals surface area contributed by atoms with E-state index in [9.17, 15) is 9.59 Å². The second kappa shape index (κ2) is 6.24. The fourth-order valence-electron chi connectivity index (χ4n) is 3.01. The number of hydrogen-bond donors (Lipinski definition) is 2. The third-order valence-corrected chi connectivity index (χ3v) is 4.25. The molecule has 1 heterocycles. The van der Waals surface area contributed by atoms with Crippen LogP contribution in [-0.2, 0) is 0 Å². The highest BCUT2D eigenvalue weighted by atomic mass is 16.4. The molecule has 0 unspecified atom stereocenters. The van der Waals surface area contributed by atoms with Crippen LogP contribution in [-0.4, -0.2) is 26.8 Å². The maximum Gasteiger partial charge on any atom is 0.335 e. The highest BCUT2D eigenvalue weighted by molar-refractivity contribution is 6.03. The van der Waals surface area contributed by atoms with Gasteiger partial charge in [0.1, 0.15) is 0 Å². The summed E-state index contributed by atoms with van der Waals surface area (Å²) in [5.41, 5.74) is 1.77. The SMILES string of the molecule is Cc1cc(NC(=O)c2ccn(C3CCCC3)n2)ccc1C(=O)O. The number of carboxylic acids is 1. The van der Waals surface area contributed by atoms with Gasteiger partial charge in [0.2, 0.25) is 0 Å². The van der Waals surface area contributed by atoms with Crippen LogP contribution in [0, 0.1) is 6.92 Å². The molecule has 23 heavy (non-hydrogen) atoms. The summed E-state index contributed by atoms with van der Waals surface area (Å²) < 4.78 is 1.88. The Morgan fingerprint density at radius 1 is 1.26 bits per heavy atom. The average molecular weight is 313 g/mol. The first-order valence-corrected chi connectivity index (χ1v) is 7.75. The molecule has 1 aromatic carbocycles. The molecule has 0 aliphatic heterocycles. The Morgan fingerprint density at radius 2 is 2.00 bits per heavy atom. The monoisotopic (exact) mass is 313 g/mol. The Balaban J connectivity index is 1.71. The Kier molecular flexibility index (Phi) is 4.14. The molecule has 3 rings (SSSR count). The topological polar surface area (TPSA) is 84.2 Å². The van der Waals surface area contributed by atoms with Crippen LogP contribution < -0.4 is 5.32 Å². The molecular weight excluding hydrogens is 294 g/mol. The van der Waals surface area contributed by atoms with Crippen molar-refractivity contribution in [2.45, 2.75) is 38.6 Å². The molecule has 2 aromatic rings. The predicted molar refractivity (Wildman–Crippen MR) is 85.8 cm³/mol. The molecule has 6 heteroatoms. The zero-order valence-electron chi connectivity index (χ0n) is 13.0. The molecule has 0 spiro atoms. The average Bonchev–Trinajstić information content (AvgIpc) is 3.18. The number of aromatic carboxylic acids is 1. The summed E-state index contributed by atoms with van der Waals surface area (Å²) in [6.07, 6.45) is 6.49. The van der Waals surface area contributed by atoms with Gasteiger partial charge in [0, 0.05) is 11.9 Å². The first-order valence-electron chi connectivity index (χ1n) is 7.75. The van der Waals surface area contributed by atoms with Gasteiger partial charge in [-0.2, -0.15) is 5.10 Å². The number of carbonyl (C=O) groups is 2. The maximum absolute atomic E-state index is 12.3. The molecule has 0 bridgehead atoms. The number of aromatic nitrogens is 2. The van der Waals surface area contributed by atoms with Gasteiger partial charge < -0.3 is 10.4 Å². The molecule has 1 fully saturated rings. The fraction of sp³-hybridized carbons (Fsp3) is 0.353. The van der Waals surface area contributed by atoms with Crippen molar-refractivity contribution >= 4 is 17.6 Å². The van der Waals surface area contributed by atoms with Crippen molar-refractivity contribution in [2.24, 2.45) is 0 Å². The number of benzene rings is 1. The van der Waals surface area contributed by atoms with Gasteiger partial charge in [-0.1, -0.05) is 12.8 Å². The van der Waals surface area contributed by atoms with E-state index in [0.29, 0.717) is 23.0 Å². The minimum atomic E-state index is -0.976. The summed E-state index contributed by atoms with van der Waals surface area (Å²) in [6.45, 7) is 1.70. The number of carboxylic acid groups (broad SMARTS) is 1. The zero-order valence-corrected chi connectivity index (χ0v) is 13.0. The lowest BCUT2D eigenvalue weighted by molar-refractivity contribution is 0.0696. The van der Waals surface area contributed by atoms with E-state index in [-0.39, 0.29) is 11.5 Å². The second-order valence-electron chi connectivity index (χ2n) is 5.91. The summed E-state index contributed by atoms with van der Waals surface area (Å²) >= 11 is 0. The third kappa shape index (κ3) is 3.26. The van der Waals surface area contributed by atoms with E-state index < -0.39 is 5.97 Å².